The van der Waals surface area contributed by atoms with Crippen molar-refractivity contribution in [2.24, 2.45) is 0 Å². The molecule has 1 aromatic carbocycles. The van der Waals surface area contributed by atoms with Crippen molar-refractivity contribution in [3.8, 4) is 0 Å². The summed E-state index contributed by atoms with van der Waals surface area (Å²) in [6, 6.07) is 11.6. The molecule has 3 atom stereocenters. The maximum absolute atomic E-state index is 5.61. The van der Waals surface area contributed by atoms with Crippen LogP contribution in [0.3, 0.4) is 0 Å². The normalized spacial score (nSPS) is 28.2. The minimum Gasteiger partial charge on any atom is -0.339 e. The van der Waals surface area contributed by atoms with E-state index in [1.165, 1.54) is 18.4 Å². The summed E-state index contributed by atoms with van der Waals surface area (Å²) in [5.41, 5.74) is 0.983. The van der Waals surface area contributed by atoms with Crippen molar-refractivity contribution in [1.29, 1.82) is 0 Å². The molecule has 4 nitrogen and oxygen atoms in total. The molecule has 2 aliphatic heterocycles. The zero-order chi connectivity index (χ0) is 14.4. The average Bonchev–Trinajstić information content (AvgIpc) is 3.24. The van der Waals surface area contributed by atoms with Crippen molar-refractivity contribution in [1.82, 2.24) is 15.5 Å². The topological polar surface area (TPSA) is 51.0 Å². The molecular formula is C17H21N3O. The molecule has 2 aliphatic rings. The fraction of sp³-hybridized carbons (Fsp3) is 0.529. The van der Waals surface area contributed by atoms with Gasteiger partial charge >= 0.3 is 0 Å². The lowest BCUT2D eigenvalue weighted by molar-refractivity contribution is 0.324. The van der Waals surface area contributed by atoms with Gasteiger partial charge < -0.3 is 9.84 Å². The van der Waals surface area contributed by atoms with Gasteiger partial charge in [-0.2, -0.15) is 4.98 Å². The van der Waals surface area contributed by atoms with Crippen molar-refractivity contribution in [3.63, 3.8) is 0 Å². The Morgan fingerprint density at radius 2 is 2.00 bits per heavy atom. The van der Waals surface area contributed by atoms with Gasteiger partial charge in [-0.05, 0) is 38.7 Å². The van der Waals surface area contributed by atoms with E-state index in [0.29, 0.717) is 18.0 Å². The molecule has 3 heterocycles. The quantitative estimate of drug-likeness (QED) is 0.940. The molecule has 0 amide bonds. The van der Waals surface area contributed by atoms with Gasteiger partial charge in [0.2, 0.25) is 5.89 Å². The smallest absolute Gasteiger partial charge is 0.231 e. The van der Waals surface area contributed by atoms with Gasteiger partial charge in [-0.15, -0.1) is 0 Å². The van der Waals surface area contributed by atoms with Crippen LogP contribution in [0.25, 0.3) is 0 Å². The third-order valence-corrected chi connectivity index (χ3v) is 5.11. The molecule has 1 N–H and O–H groups in total. The second kappa shape index (κ2) is 4.67. The number of rotatable bonds is 3. The van der Waals surface area contributed by atoms with Crippen LogP contribution in [0.2, 0.25) is 0 Å². The Hall–Kier alpha value is -1.68. The van der Waals surface area contributed by atoms with Gasteiger partial charge in [0.1, 0.15) is 0 Å². The largest absolute Gasteiger partial charge is 0.339 e. The van der Waals surface area contributed by atoms with E-state index in [1.807, 2.05) is 6.07 Å². The van der Waals surface area contributed by atoms with Gasteiger partial charge in [0.05, 0.1) is 11.3 Å². The van der Waals surface area contributed by atoms with Crippen LogP contribution >= 0.6 is 0 Å². The zero-order valence-electron chi connectivity index (χ0n) is 12.5. The Kier molecular flexibility index (Phi) is 2.89. The van der Waals surface area contributed by atoms with Crippen molar-refractivity contribution >= 4 is 0 Å². The summed E-state index contributed by atoms with van der Waals surface area (Å²) in [4.78, 5) is 4.74. The lowest BCUT2D eigenvalue weighted by Crippen LogP contribution is -2.23. The molecule has 3 unspecified atom stereocenters. The maximum atomic E-state index is 5.61. The maximum Gasteiger partial charge on any atom is 0.231 e. The fourth-order valence-corrected chi connectivity index (χ4v) is 3.72. The third kappa shape index (κ3) is 2.09. The summed E-state index contributed by atoms with van der Waals surface area (Å²) >= 11 is 0. The van der Waals surface area contributed by atoms with Crippen LogP contribution in [-0.2, 0) is 5.41 Å². The van der Waals surface area contributed by atoms with E-state index in [-0.39, 0.29) is 5.41 Å². The number of aromatic nitrogens is 2. The Labute approximate surface area is 124 Å². The second-order valence-corrected chi connectivity index (χ2v) is 6.84. The molecule has 0 saturated carbocycles. The number of fused-ring (bicyclic) bond motifs is 2. The first-order valence-corrected chi connectivity index (χ1v) is 7.80. The number of nitrogens with one attached hydrogen (secondary N) is 1. The summed E-state index contributed by atoms with van der Waals surface area (Å²) in [5.74, 6) is 2.00. The van der Waals surface area contributed by atoms with Gasteiger partial charge in [0, 0.05) is 12.1 Å². The molecule has 0 spiro atoms. The third-order valence-electron chi connectivity index (χ3n) is 5.11. The average molecular weight is 283 g/mol. The van der Waals surface area contributed by atoms with Crippen LogP contribution in [0.5, 0.6) is 0 Å². The monoisotopic (exact) mass is 283 g/mol. The van der Waals surface area contributed by atoms with E-state index in [9.17, 15) is 0 Å². The molecule has 4 rings (SSSR count). The molecule has 4 heteroatoms. The van der Waals surface area contributed by atoms with Crippen LogP contribution in [0.4, 0.5) is 0 Å². The van der Waals surface area contributed by atoms with E-state index in [0.717, 1.165) is 18.1 Å². The Morgan fingerprint density at radius 1 is 1.19 bits per heavy atom. The van der Waals surface area contributed by atoms with E-state index in [4.69, 9.17) is 9.51 Å². The molecular weight excluding hydrogens is 262 g/mol. The second-order valence-electron chi connectivity index (χ2n) is 6.84. The minimum atomic E-state index is -0.228. The Balaban J connectivity index is 1.62. The lowest BCUT2D eigenvalue weighted by Gasteiger charge is -2.21. The van der Waals surface area contributed by atoms with Crippen LogP contribution in [0.1, 0.15) is 56.3 Å². The Morgan fingerprint density at radius 3 is 2.67 bits per heavy atom. The standard InChI is InChI=1S/C17H21N3O/c1-17(2,11-6-4-3-5-7-11)16-19-15(21-20-16)13-10-12-8-9-14(13)18-12/h3-7,12-14,18H,8-10H2,1-2H3. The lowest BCUT2D eigenvalue weighted by atomic mass is 9.84. The first kappa shape index (κ1) is 13.0. The molecule has 2 aromatic rings. The molecule has 21 heavy (non-hydrogen) atoms. The van der Waals surface area contributed by atoms with Gasteiger partial charge in [-0.25, -0.2) is 0 Å². The number of benzene rings is 1. The number of hydrogen-bond donors (Lipinski definition) is 1. The van der Waals surface area contributed by atoms with Gasteiger partial charge in [0.25, 0.3) is 0 Å². The summed E-state index contributed by atoms with van der Waals surface area (Å²) < 4.78 is 5.61. The van der Waals surface area contributed by atoms with E-state index >= 15 is 0 Å². The summed E-state index contributed by atoms with van der Waals surface area (Å²) in [6.45, 7) is 4.30. The van der Waals surface area contributed by atoms with Crippen LogP contribution in [-0.4, -0.2) is 22.2 Å². The molecule has 2 fully saturated rings. The Bertz CT molecular complexity index is 634. The van der Waals surface area contributed by atoms with E-state index < -0.39 is 0 Å². The first-order chi connectivity index (χ1) is 10.1. The highest BCUT2D eigenvalue weighted by molar-refractivity contribution is 5.30. The van der Waals surface area contributed by atoms with Crippen LogP contribution < -0.4 is 5.32 Å². The highest BCUT2D eigenvalue weighted by Crippen LogP contribution is 2.40. The van der Waals surface area contributed by atoms with E-state index in [2.05, 4.69) is 48.6 Å². The molecule has 0 aliphatic carbocycles. The summed E-state index contributed by atoms with van der Waals surface area (Å²) in [5, 5.41) is 7.91. The highest BCUT2D eigenvalue weighted by Gasteiger charge is 2.43. The minimum absolute atomic E-state index is 0.228. The predicted molar refractivity (Wildman–Crippen MR) is 80.2 cm³/mol. The summed E-state index contributed by atoms with van der Waals surface area (Å²) in [7, 11) is 0. The summed E-state index contributed by atoms with van der Waals surface area (Å²) in [6.07, 6.45) is 3.66. The van der Waals surface area contributed by atoms with Gasteiger partial charge in [-0.1, -0.05) is 35.5 Å². The molecule has 1 aromatic heterocycles. The van der Waals surface area contributed by atoms with Crippen molar-refractivity contribution in [2.45, 2.75) is 56.5 Å². The molecule has 110 valence electrons. The zero-order valence-corrected chi connectivity index (χ0v) is 12.5. The van der Waals surface area contributed by atoms with Crippen molar-refractivity contribution < 1.29 is 4.52 Å². The number of nitrogens with zero attached hydrogens (tertiary/aromatic N) is 2. The van der Waals surface area contributed by atoms with Crippen LogP contribution in [0.15, 0.2) is 34.9 Å². The van der Waals surface area contributed by atoms with Gasteiger partial charge in [0.15, 0.2) is 5.82 Å². The predicted octanol–water partition coefficient (Wildman–Crippen LogP) is 3.00. The molecule has 0 radical (unpaired) electrons. The SMILES string of the molecule is CC(C)(c1ccccc1)c1noc(C2CC3CCC2N3)n1. The van der Waals surface area contributed by atoms with Crippen molar-refractivity contribution in [2.75, 3.05) is 0 Å². The first-order valence-electron chi connectivity index (χ1n) is 7.80. The van der Waals surface area contributed by atoms with Crippen molar-refractivity contribution in [3.05, 3.63) is 47.6 Å². The van der Waals surface area contributed by atoms with E-state index in [1.54, 1.807) is 0 Å². The fourth-order valence-electron chi connectivity index (χ4n) is 3.72. The van der Waals surface area contributed by atoms with Gasteiger partial charge in [-0.3, -0.25) is 0 Å². The highest BCUT2D eigenvalue weighted by atomic mass is 16.5. The molecule has 2 bridgehead atoms. The van der Waals surface area contributed by atoms with Crippen LogP contribution in [0, 0.1) is 0 Å². The molecule has 2 saturated heterocycles. The number of hydrogen-bond acceptors (Lipinski definition) is 4.